The van der Waals surface area contributed by atoms with Crippen LogP contribution in [0.1, 0.15) is 42.0 Å². The molecular weight excluding hydrogens is 779 g/mol. The van der Waals surface area contributed by atoms with Gasteiger partial charge in [-0.2, -0.15) is 0 Å². The van der Waals surface area contributed by atoms with Crippen molar-refractivity contribution in [3.05, 3.63) is 154 Å². The summed E-state index contributed by atoms with van der Waals surface area (Å²) in [5.74, 6) is 0.883. The van der Waals surface area contributed by atoms with E-state index in [0.29, 0.717) is 62.3 Å². The average Bonchev–Trinajstić information content (AvgIpc) is 3.28. The average molecular weight is 833 g/mol. The van der Waals surface area contributed by atoms with Gasteiger partial charge in [0, 0.05) is 55.4 Å². The molecule has 0 aromatic heterocycles. The van der Waals surface area contributed by atoms with Gasteiger partial charge in [-0.1, -0.05) is 103 Å². The first-order chi connectivity index (χ1) is 29.3. The van der Waals surface area contributed by atoms with Crippen LogP contribution in [0.3, 0.4) is 0 Å². The van der Waals surface area contributed by atoms with Crippen molar-refractivity contribution in [2.75, 3.05) is 52.4 Å². The minimum absolute atomic E-state index is 0.0707. The maximum absolute atomic E-state index is 14.9. The molecule has 0 aliphatic carbocycles. The zero-order chi connectivity index (χ0) is 41.7. The zero-order valence-corrected chi connectivity index (χ0v) is 35.0. The molecule has 60 heavy (non-hydrogen) atoms. The summed E-state index contributed by atoms with van der Waals surface area (Å²) < 4.78 is 32.5. The molecule has 5 aromatic rings. The molecule has 9 nitrogen and oxygen atoms in total. The summed E-state index contributed by atoms with van der Waals surface area (Å²) in [6.45, 7) is 7.76. The lowest BCUT2D eigenvalue weighted by Crippen LogP contribution is -2.58. The van der Waals surface area contributed by atoms with Gasteiger partial charge in [0.15, 0.2) is 0 Å². The van der Waals surface area contributed by atoms with Gasteiger partial charge in [0.2, 0.25) is 5.91 Å². The monoisotopic (exact) mass is 832 g/mol. The minimum Gasteiger partial charge on any atom is -0.493 e. The second kappa shape index (κ2) is 21.2. The molecule has 7 rings (SSSR count). The summed E-state index contributed by atoms with van der Waals surface area (Å²) in [5, 5.41) is 3.67. The molecule has 0 spiro atoms. The van der Waals surface area contributed by atoms with Crippen LogP contribution in [-0.4, -0.2) is 85.2 Å². The van der Waals surface area contributed by atoms with Crippen LogP contribution in [0, 0.1) is 11.7 Å². The fourth-order valence-corrected chi connectivity index (χ4v) is 8.37. The number of carbonyl (C=O) groups excluding carboxylic acids is 2. The van der Waals surface area contributed by atoms with Crippen molar-refractivity contribution in [2.45, 2.75) is 52.0 Å². The molecule has 2 aliphatic rings. The Bertz CT molecular complexity index is 2160. The van der Waals surface area contributed by atoms with Gasteiger partial charge in [-0.05, 0) is 97.8 Å². The van der Waals surface area contributed by atoms with E-state index in [2.05, 4.69) is 39.4 Å². The van der Waals surface area contributed by atoms with Gasteiger partial charge in [0.05, 0.1) is 6.61 Å². The molecule has 2 fully saturated rings. The number of hydrogen-bond donors (Lipinski definition) is 1. The number of ether oxygens (including phenoxy) is 3. The van der Waals surface area contributed by atoms with E-state index in [9.17, 15) is 14.0 Å². The Morgan fingerprint density at radius 2 is 1.40 bits per heavy atom. The van der Waals surface area contributed by atoms with Crippen LogP contribution in [0.2, 0.25) is 5.02 Å². The molecular formula is C49H54ClFN4O5. The molecule has 0 radical (unpaired) electrons. The number of piperazine rings is 1. The normalized spacial score (nSPS) is 15.6. The molecule has 2 aliphatic heterocycles. The Morgan fingerprint density at radius 3 is 2.12 bits per heavy atom. The number of likely N-dealkylation sites (tertiary alicyclic amines) is 1. The number of nitrogens with zero attached hydrogens (tertiary/aromatic N) is 3. The van der Waals surface area contributed by atoms with Crippen LogP contribution in [0.5, 0.6) is 11.5 Å². The lowest BCUT2D eigenvalue weighted by molar-refractivity contribution is -0.137. The molecule has 0 unspecified atom stereocenters. The van der Waals surface area contributed by atoms with Gasteiger partial charge in [0.1, 0.15) is 36.6 Å². The molecule has 0 saturated carbocycles. The molecule has 5 aromatic carbocycles. The number of carbonyl (C=O) groups is 2. The van der Waals surface area contributed by atoms with E-state index in [1.165, 1.54) is 6.07 Å². The summed E-state index contributed by atoms with van der Waals surface area (Å²) in [6, 6.07) is 38.0. The van der Waals surface area contributed by atoms with Crippen molar-refractivity contribution >= 4 is 23.6 Å². The van der Waals surface area contributed by atoms with E-state index >= 15 is 0 Å². The van der Waals surface area contributed by atoms with Crippen molar-refractivity contribution in [1.82, 2.24) is 20.0 Å². The molecule has 2 heterocycles. The molecule has 2 amide bonds. The van der Waals surface area contributed by atoms with Crippen LogP contribution in [-0.2, 0) is 35.7 Å². The van der Waals surface area contributed by atoms with Crippen LogP contribution >= 0.6 is 11.6 Å². The van der Waals surface area contributed by atoms with Crippen LogP contribution in [0.15, 0.2) is 121 Å². The second-order valence-corrected chi connectivity index (χ2v) is 15.9. The summed E-state index contributed by atoms with van der Waals surface area (Å²) in [6.07, 6.45) is 1.65. The summed E-state index contributed by atoms with van der Waals surface area (Å²) in [5.41, 5.74) is 5.74. The Hall–Kier alpha value is -5.42. The Kier molecular flexibility index (Phi) is 15.1. The minimum atomic E-state index is -0.731. The highest BCUT2D eigenvalue weighted by Gasteiger charge is 2.37. The Labute approximate surface area is 358 Å². The lowest BCUT2D eigenvalue weighted by atomic mass is 9.88. The van der Waals surface area contributed by atoms with Gasteiger partial charge in [-0.25, -0.2) is 9.18 Å². The topological polar surface area (TPSA) is 83.6 Å². The third kappa shape index (κ3) is 11.4. The molecule has 1 atom stereocenters. The summed E-state index contributed by atoms with van der Waals surface area (Å²) >= 11 is 6.57. The quantitative estimate of drug-likeness (QED) is 0.106. The number of halogens is 2. The van der Waals surface area contributed by atoms with Gasteiger partial charge in [-0.3, -0.25) is 9.69 Å². The zero-order valence-electron chi connectivity index (χ0n) is 34.2. The number of nitrogens with one attached hydrogen (secondary N) is 1. The first-order valence-electron chi connectivity index (χ1n) is 21.0. The fraction of sp³-hybridized carbons (Fsp3) is 0.347. The number of para-hydroxylation sites is 1. The fourth-order valence-electron chi connectivity index (χ4n) is 8.17. The second-order valence-electron chi connectivity index (χ2n) is 15.4. The number of piperidine rings is 1. The standard InChI is InChI=1S/C49H54ClFN4O5/c1-2-58-46-19-11-17-44(51)43(46)33-54-28-30-55(31-29-54)48(56)47(52-49(57)60-35-37-14-7-4-8-15-37)38-22-25-53(26-23-38)27-24-39-32-40(50)20-21-41(39)42-16-9-10-18-45(42)59-34-36-12-5-3-6-13-36/h3-21,32,38,47H,2,22-31,33-35H2,1H3,(H,52,57)/t47-/m1/s1. The maximum atomic E-state index is 14.9. The predicted octanol–water partition coefficient (Wildman–Crippen LogP) is 9.02. The van der Waals surface area contributed by atoms with Crippen molar-refractivity contribution in [2.24, 2.45) is 5.92 Å². The number of alkyl carbamates (subject to hydrolysis) is 1. The summed E-state index contributed by atoms with van der Waals surface area (Å²) in [7, 11) is 0. The number of hydrogen-bond acceptors (Lipinski definition) is 7. The van der Waals surface area contributed by atoms with E-state index in [1.54, 1.807) is 12.1 Å². The third-order valence-corrected chi connectivity index (χ3v) is 11.7. The van der Waals surface area contributed by atoms with Gasteiger partial charge in [-0.15, -0.1) is 0 Å². The van der Waals surface area contributed by atoms with E-state index in [-0.39, 0.29) is 24.2 Å². The van der Waals surface area contributed by atoms with Crippen LogP contribution in [0.25, 0.3) is 11.1 Å². The highest BCUT2D eigenvalue weighted by Crippen LogP contribution is 2.35. The SMILES string of the molecule is CCOc1cccc(F)c1CN1CCN(C(=O)[C@H](NC(=O)OCc2ccccc2)C2CCN(CCc3cc(Cl)ccc3-c3ccccc3OCc3ccccc3)CC2)CC1. The van der Waals surface area contributed by atoms with Crippen molar-refractivity contribution in [3.63, 3.8) is 0 Å². The van der Waals surface area contributed by atoms with Crippen molar-refractivity contribution in [1.29, 1.82) is 0 Å². The number of rotatable bonds is 16. The summed E-state index contributed by atoms with van der Waals surface area (Å²) in [4.78, 5) is 34.0. The number of benzene rings is 5. The molecule has 1 N–H and O–H groups in total. The molecule has 2 saturated heterocycles. The largest absolute Gasteiger partial charge is 0.493 e. The van der Waals surface area contributed by atoms with Crippen LogP contribution in [0.4, 0.5) is 9.18 Å². The third-order valence-electron chi connectivity index (χ3n) is 11.5. The van der Waals surface area contributed by atoms with E-state index < -0.39 is 12.1 Å². The first kappa shape index (κ1) is 42.7. The molecule has 314 valence electrons. The van der Waals surface area contributed by atoms with E-state index in [1.807, 2.05) is 90.7 Å². The van der Waals surface area contributed by atoms with E-state index in [4.69, 9.17) is 25.8 Å². The van der Waals surface area contributed by atoms with Crippen molar-refractivity contribution in [3.8, 4) is 22.6 Å². The Morgan fingerprint density at radius 1 is 0.733 bits per heavy atom. The molecule has 0 bridgehead atoms. The molecule has 11 heteroatoms. The van der Waals surface area contributed by atoms with E-state index in [0.717, 1.165) is 72.5 Å². The lowest BCUT2D eigenvalue weighted by Gasteiger charge is -2.40. The first-order valence-corrected chi connectivity index (χ1v) is 21.4. The smallest absolute Gasteiger partial charge is 0.408 e. The number of amides is 2. The Balaban J connectivity index is 0.984. The highest BCUT2D eigenvalue weighted by atomic mass is 35.5. The van der Waals surface area contributed by atoms with Gasteiger partial charge in [0.25, 0.3) is 0 Å². The van der Waals surface area contributed by atoms with Crippen molar-refractivity contribution < 1.29 is 28.2 Å². The maximum Gasteiger partial charge on any atom is 0.408 e. The highest BCUT2D eigenvalue weighted by molar-refractivity contribution is 6.30. The van der Waals surface area contributed by atoms with Gasteiger partial charge < -0.3 is 29.3 Å². The van der Waals surface area contributed by atoms with Crippen LogP contribution < -0.4 is 14.8 Å². The van der Waals surface area contributed by atoms with Gasteiger partial charge >= 0.3 is 6.09 Å². The predicted molar refractivity (Wildman–Crippen MR) is 234 cm³/mol.